The lowest BCUT2D eigenvalue weighted by molar-refractivity contribution is 0.627. The van der Waals surface area contributed by atoms with Gasteiger partial charge >= 0.3 is 0 Å². The fraction of sp³-hybridized carbons (Fsp3) is 0.0690. The summed E-state index contributed by atoms with van der Waals surface area (Å²) in [7, 11) is 0. The minimum absolute atomic E-state index is 0.311. The highest BCUT2D eigenvalue weighted by atomic mass is 19.1. The smallest absolute Gasteiger partial charge is 0.143 e. The van der Waals surface area contributed by atoms with E-state index in [2.05, 4.69) is 134 Å². The molecule has 0 unspecified atom stereocenters. The Morgan fingerprint density at radius 2 is 1.37 bits per heavy atom. The number of aromatic nitrogens is 1. The zero-order valence-corrected chi connectivity index (χ0v) is 34.6. The number of nitrogens with zero attached hydrogens (tertiary/aromatic N) is 2. The molecule has 0 N–H and O–H groups in total. The molecule has 2 aliphatic heterocycles. The predicted molar refractivity (Wildman–Crippen MR) is 256 cm³/mol. The number of allylic oxidation sites excluding steroid dienone is 3. The van der Waals surface area contributed by atoms with Crippen LogP contribution in [-0.4, -0.2) is 10.3 Å². The van der Waals surface area contributed by atoms with Gasteiger partial charge in [-0.1, -0.05) is 117 Å². The van der Waals surface area contributed by atoms with E-state index in [0.717, 1.165) is 61.0 Å². The number of aliphatic imine (C=N–C) groups is 1. The van der Waals surface area contributed by atoms with Gasteiger partial charge in [0.2, 0.25) is 0 Å². The highest BCUT2D eigenvalue weighted by molar-refractivity contribution is 6.16. The normalized spacial score (nSPS) is 15.6. The Labute approximate surface area is 362 Å². The molecule has 63 heavy (non-hydrogen) atoms. The van der Waals surface area contributed by atoms with E-state index in [1.54, 1.807) is 24.3 Å². The molecule has 0 aliphatic carbocycles. The molecule has 0 saturated carbocycles. The van der Waals surface area contributed by atoms with Crippen LogP contribution in [0.4, 0.5) is 8.78 Å². The maximum absolute atomic E-state index is 14.1. The Morgan fingerprint density at radius 3 is 2.17 bits per heavy atom. The average Bonchev–Trinajstić information content (AvgIpc) is 3.86. The monoisotopic (exact) mass is 816 g/mol. The maximum atomic E-state index is 14.1. The summed E-state index contributed by atoms with van der Waals surface area (Å²) >= 11 is 0. The molecular formula is C58H38F2N2O. The standard InChI is InChI=1S/C58H38F2N2O/c1-34-30-51(61-50(37-20-26-41(60)27-21-37)16-9-13-42(34)36-18-24-40(59)25-19-36)38-22-28-46-47-15-8-14-44(57(47)63-54(46)33-38)39-31-48-45-12-6-7-17-52(45)62-53-29-23-35-10-4-5-11-43(35)55(53)58(2,3)49(32-39)56(48)62/h4-12,14-15,17-33H,1,16H2,2-3H3/b51-30-,61-50?. The van der Waals surface area contributed by atoms with E-state index in [0.29, 0.717) is 17.7 Å². The molecule has 3 nitrogen and oxygen atoms in total. The van der Waals surface area contributed by atoms with E-state index in [9.17, 15) is 8.78 Å². The van der Waals surface area contributed by atoms with Gasteiger partial charge in [-0.15, -0.1) is 5.73 Å². The van der Waals surface area contributed by atoms with E-state index in [-0.39, 0.29) is 17.0 Å². The highest BCUT2D eigenvalue weighted by Crippen LogP contribution is 2.51. The molecule has 10 aromatic rings. The van der Waals surface area contributed by atoms with Gasteiger partial charge in [-0.2, -0.15) is 0 Å². The van der Waals surface area contributed by atoms with Crippen LogP contribution >= 0.6 is 0 Å². The molecule has 0 atom stereocenters. The summed E-state index contributed by atoms with van der Waals surface area (Å²) in [4.78, 5) is 5.22. The largest absolute Gasteiger partial charge is 0.455 e. The van der Waals surface area contributed by atoms with Gasteiger partial charge in [-0.25, -0.2) is 8.78 Å². The Hall–Kier alpha value is -7.85. The van der Waals surface area contributed by atoms with Crippen molar-refractivity contribution in [2.75, 3.05) is 0 Å². The van der Waals surface area contributed by atoms with Crippen molar-refractivity contribution in [1.29, 1.82) is 0 Å². The SMILES string of the molecule is C=C1/C=C(/c2ccc3c(c2)oc2c(-c4cc5c6c(c4)c4ccccc4n6-c4ccc6ccccc6c4C5(C)C)cccc23)N=C(c2ccc(F)cc2)CC=C=C1c1ccc(F)cc1. The fourth-order valence-electron chi connectivity index (χ4n) is 10.1. The number of halogens is 2. The molecule has 8 aromatic carbocycles. The summed E-state index contributed by atoms with van der Waals surface area (Å²) in [6.45, 7) is 9.15. The van der Waals surface area contributed by atoms with Gasteiger partial charge in [-0.3, -0.25) is 4.99 Å². The molecule has 2 aromatic heterocycles. The summed E-state index contributed by atoms with van der Waals surface area (Å²) in [5.41, 5.74) is 18.2. The van der Waals surface area contributed by atoms with E-state index >= 15 is 0 Å². The van der Waals surface area contributed by atoms with Crippen molar-refractivity contribution in [3.8, 4) is 16.8 Å². The van der Waals surface area contributed by atoms with Gasteiger partial charge in [-0.05, 0) is 117 Å². The second-order valence-electron chi connectivity index (χ2n) is 17.1. The summed E-state index contributed by atoms with van der Waals surface area (Å²) in [6, 6.07) is 52.1. The first-order valence-corrected chi connectivity index (χ1v) is 21.2. The third-order valence-electron chi connectivity index (χ3n) is 13.1. The molecule has 4 heterocycles. The lowest BCUT2D eigenvalue weighted by atomic mass is 9.72. The third-order valence-corrected chi connectivity index (χ3v) is 13.1. The Morgan fingerprint density at radius 1 is 0.651 bits per heavy atom. The molecule has 0 saturated heterocycles. The summed E-state index contributed by atoms with van der Waals surface area (Å²) in [6.07, 6.45) is 4.27. The van der Waals surface area contributed by atoms with Crippen molar-refractivity contribution in [2.45, 2.75) is 25.7 Å². The number of fused-ring (bicyclic) bond motifs is 10. The van der Waals surface area contributed by atoms with E-state index < -0.39 is 0 Å². The van der Waals surface area contributed by atoms with Crippen LogP contribution in [0.25, 0.3) is 82.6 Å². The molecule has 0 bridgehead atoms. The first kappa shape index (κ1) is 37.0. The van der Waals surface area contributed by atoms with E-state index in [4.69, 9.17) is 9.41 Å². The minimum atomic E-state index is -0.316. The maximum Gasteiger partial charge on any atom is 0.143 e. The first-order chi connectivity index (χ1) is 30.7. The van der Waals surface area contributed by atoms with Crippen LogP contribution in [0.5, 0.6) is 0 Å². The number of para-hydroxylation sites is 2. The zero-order valence-electron chi connectivity index (χ0n) is 34.6. The molecule has 300 valence electrons. The van der Waals surface area contributed by atoms with Crippen molar-refractivity contribution in [1.82, 2.24) is 4.57 Å². The van der Waals surface area contributed by atoms with Crippen LogP contribution in [0.2, 0.25) is 0 Å². The van der Waals surface area contributed by atoms with Crippen LogP contribution < -0.4 is 0 Å². The summed E-state index contributed by atoms with van der Waals surface area (Å²) in [5.74, 6) is -0.632. The Balaban J connectivity index is 1.04. The number of furan rings is 1. The molecule has 0 spiro atoms. The number of hydrogen-bond acceptors (Lipinski definition) is 2. The minimum Gasteiger partial charge on any atom is -0.455 e. The van der Waals surface area contributed by atoms with Crippen molar-refractivity contribution in [3.05, 3.63) is 227 Å². The number of benzene rings is 8. The second kappa shape index (κ2) is 13.8. The highest BCUT2D eigenvalue weighted by Gasteiger charge is 2.37. The van der Waals surface area contributed by atoms with E-state index in [1.807, 2.05) is 18.2 Å². The van der Waals surface area contributed by atoms with Gasteiger partial charge in [0.05, 0.1) is 28.1 Å². The lowest BCUT2D eigenvalue weighted by Crippen LogP contribution is -2.26. The molecule has 0 radical (unpaired) electrons. The van der Waals surface area contributed by atoms with Crippen LogP contribution in [-0.2, 0) is 5.41 Å². The van der Waals surface area contributed by atoms with E-state index in [1.165, 1.54) is 73.7 Å². The van der Waals surface area contributed by atoms with Gasteiger partial charge < -0.3 is 8.98 Å². The molecule has 12 rings (SSSR count). The molecule has 0 fully saturated rings. The van der Waals surface area contributed by atoms with Gasteiger partial charge in [0.25, 0.3) is 0 Å². The van der Waals surface area contributed by atoms with Crippen LogP contribution in [0.15, 0.2) is 197 Å². The van der Waals surface area contributed by atoms with Crippen molar-refractivity contribution < 1.29 is 13.2 Å². The van der Waals surface area contributed by atoms with Crippen LogP contribution in [0, 0.1) is 11.6 Å². The Bertz CT molecular complexity index is 3740. The zero-order chi connectivity index (χ0) is 42.6. The lowest BCUT2D eigenvalue weighted by Gasteiger charge is -2.36. The number of rotatable bonds is 4. The predicted octanol–water partition coefficient (Wildman–Crippen LogP) is 15.4. The fourth-order valence-corrected chi connectivity index (χ4v) is 10.1. The van der Waals surface area contributed by atoms with Crippen molar-refractivity contribution >= 4 is 71.5 Å². The second-order valence-corrected chi connectivity index (χ2v) is 17.1. The van der Waals surface area contributed by atoms with Crippen LogP contribution in [0.1, 0.15) is 48.1 Å². The average molecular weight is 817 g/mol. The third kappa shape index (κ3) is 5.74. The molecule has 0 amide bonds. The molecule has 5 heteroatoms. The summed E-state index contributed by atoms with van der Waals surface area (Å²) < 4.78 is 37.5. The summed E-state index contributed by atoms with van der Waals surface area (Å²) in [5, 5.41) is 6.95. The quantitative estimate of drug-likeness (QED) is 0.163. The molecular weight excluding hydrogens is 779 g/mol. The van der Waals surface area contributed by atoms with Gasteiger partial charge in [0, 0.05) is 50.1 Å². The van der Waals surface area contributed by atoms with Crippen molar-refractivity contribution in [2.24, 2.45) is 4.99 Å². The Kier molecular flexibility index (Phi) is 8.12. The van der Waals surface area contributed by atoms with Gasteiger partial charge in [0.15, 0.2) is 0 Å². The first-order valence-electron chi connectivity index (χ1n) is 21.2. The molecule has 2 aliphatic rings. The van der Waals surface area contributed by atoms with Crippen molar-refractivity contribution in [3.63, 3.8) is 0 Å². The number of hydrogen-bond donors (Lipinski definition) is 0. The van der Waals surface area contributed by atoms with Gasteiger partial charge in [0.1, 0.15) is 22.8 Å². The van der Waals surface area contributed by atoms with Crippen LogP contribution in [0.3, 0.4) is 0 Å². The topological polar surface area (TPSA) is 30.4 Å².